The highest BCUT2D eigenvalue weighted by molar-refractivity contribution is 5.96. The summed E-state index contributed by atoms with van der Waals surface area (Å²) in [5.41, 5.74) is 2.23. The van der Waals surface area contributed by atoms with Gasteiger partial charge >= 0.3 is 0 Å². The van der Waals surface area contributed by atoms with Crippen LogP contribution in [0.3, 0.4) is 0 Å². The van der Waals surface area contributed by atoms with Crippen molar-refractivity contribution in [2.45, 2.75) is 39.0 Å². The minimum Gasteiger partial charge on any atom is -0.497 e. The van der Waals surface area contributed by atoms with Crippen LogP contribution in [0.25, 0.3) is 0 Å². The van der Waals surface area contributed by atoms with Gasteiger partial charge in [-0.05, 0) is 55.0 Å². The molecule has 0 radical (unpaired) electrons. The Hall–Kier alpha value is -2.49. The Morgan fingerprint density at radius 3 is 2.00 bits per heavy atom. The molecular formula is C20H24N2O2. The quantitative estimate of drug-likeness (QED) is 0.310. The summed E-state index contributed by atoms with van der Waals surface area (Å²) in [5, 5.41) is 8.37. The Labute approximate surface area is 143 Å². The highest BCUT2D eigenvalue weighted by atomic mass is 16.5. The van der Waals surface area contributed by atoms with E-state index in [-0.39, 0.29) is 5.78 Å². The fourth-order valence-corrected chi connectivity index (χ4v) is 2.34. The lowest BCUT2D eigenvalue weighted by Crippen LogP contribution is -1.98. The summed E-state index contributed by atoms with van der Waals surface area (Å²) >= 11 is 0. The number of carbonyl (C=O) groups is 1. The van der Waals surface area contributed by atoms with Crippen LogP contribution in [-0.2, 0) is 0 Å². The lowest BCUT2D eigenvalue weighted by Gasteiger charge is -2.01. The first-order valence-electron chi connectivity index (χ1n) is 8.42. The number of rotatable bonds is 9. The molecule has 0 aliphatic heterocycles. The predicted octanol–water partition coefficient (Wildman–Crippen LogP) is 6.26. The first-order valence-corrected chi connectivity index (χ1v) is 8.42. The zero-order valence-corrected chi connectivity index (χ0v) is 14.4. The molecule has 0 bridgehead atoms. The molecule has 0 aliphatic rings. The molecule has 0 saturated carbocycles. The van der Waals surface area contributed by atoms with Gasteiger partial charge in [0.1, 0.15) is 5.75 Å². The first kappa shape index (κ1) is 17.9. The van der Waals surface area contributed by atoms with Gasteiger partial charge in [0.2, 0.25) is 0 Å². The minimum atomic E-state index is 0.199. The number of unbranched alkanes of at least 4 members (excludes halogenated alkanes) is 3. The van der Waals surface area contributed by atoms with Crippen molar-refractivity contribution in [2.24, 2.45) is 10.2 Å². The van der Waals surface area contributed by atoms with Gasteiger partial charge in [0.15, 0.2) is 5.78 Å². The molecule has 24 heavy (non-hydrogen) atoms. The van der Waals surface area contributed by atoms with Gasteiger partial charge < -0.3 is 4.74 Å². The number of nitrogens with zero attached hydrogens (tertiary/aromatic N) is 2. The summed E-state index contributed by atoms with van der Waals surface area (Å²) in [7, 11) is 1.63. The fourth-order valence-electron chi connectivity index (χ4n) is 2.34. The number of methoxy groups -OCH3 is 1. The third-order valence-electron chi connectivity index (χ3n) is 3.80. The molecule has 0 atom stereocenters. The molecule has 0 unspecified atom stereocenters. The zero-order valence-electron chi connectivity index (χ0n) is 14.4. The first-order chi connectivity index (χ1) is 11.7. The van der Waals surface area contributed by atoms with Gasteiger partial charge in [0.25, 0.3) is 0 Å². The average Bonchev–Trinajstić information content (AvgIpc) is 2.64. The molecule has 4 nitrogen and oxygen atoms in total. The van der Waals surface area contributed by atoms with Crippen molar-refractivity contribution in [2.75, 3.05) is 7.11 Å². The molecule has 0 N–H and O–H groups in total. The smallest absolute Gasteiger partial charge is 0.162 e. The lowest BCUT2D eigenvalue weighted by molar-refractivity contribution is 0.0979. The van der Waals surface area contributed by atoms with Gasteiger partial charge in [-0.3, -0.25) is 4.79 Å². The maximum absolute atomic E-state index is 12.1. The predicted molar refractivity (Wildman–Crippen MR) is 96.7 cm³/mol. The fraction of sp³-hybridized carbons (Fsp3) is 0.350. The lowest BCUT2D eigenvalue weighted by atomic mass is 10.0. The van der Waals surface area contributed by atoms with E-state index >= 15 is 0 Å². The van der Waals surface area contributed by atoms with Crippen LogP contribution in [0.15, 0.2) is 58.8 Å². The van der Waals surface area contributed by atoms with Crippen molar-refractivity contribution in [1.29, 1.82) is 0 Å². The summed E-state index contributed by atoms with van der Waals surface area (Å²) in [6.45, 7) is 2.17. The number of ketones is 1. The van der Waals surface area contributed by atoms with Crippen molar-refractivity contribution in [3.63, 3.8) is 0 Å². The monoisotopic (exact) mass is 324 g/mol. The topological polar surface area (TPSA) is 51.0 Å². The number of hydrogen-bond acceptors (Lipinski definition) is 4. The number of carbonyl (C=O) groups excluding carboxylic acids is 1. The van der Waals surface area contributed by atoms with Crippen LogP contribution in [0.1, 0.15) is 49.4 Å². The molecule has 0 heterocycles. The number of Topliss-reactive ketones (excluding diaryl/α,β-unsaturated/α-hetero) is 1. The summed E-state index contributed by atoms with van der Waals surface area (Å²) in [5.74, 6) is 0.987. The third-order valence-corrected chi connectivity index (χ3v) is 3.80. The molecule has 0 spiro atoms. The molecule has 126 valence electrons. The van der Waals surface area contributed by atoms with Crippen molar-refractivity contribution in [3.05, 3.63) is 54.1 Å². The van der Waals surface area contributed by atoms with Gasteiger partial charge in [0, 0.05) is 12.0 Å². The third kappa shape index (κ3) is 5.61. The van der Waals surface area contributed by atoms with Gasteiger partial charge in [0.05, 0.1) is 18.5 Å². The van der Waals surface area contributed by atoms with Gasteiger partial charge in [-0.1, -0.05) is 26.2 Å². The van der Waals surface area contributed by atoms with Crippen LogP contribution in [0.2, 0.25) is 0 Å². The second-order valence-electron chi connectivity index (χ2n) is 5.68. The highest BCUT2D eigenvalue weighted by Crippen LogP contribution is 2.21. The molecule has 4 heteroatoms. The maximum Gasteiger partial charge on any atom is 0.162 e. The Balaban J connectivity index is 1.91. The second-order valence-corrected chi connectivity index (χ2v) is 5.68. The largest absolute Gasteiger partial charge is 0.497 e. The molecule has 2 aromatic carbocycles. The molecule has 0 amide bonds. The van der Waals surface area contributed by atoms with E-state index < -0.39 is 0 Å². The number of benzene rings is 2. The normalized spacial score (nSPS) is 10.9. The van der Waals surface area contributed by atoms with E-state index in [1.165, 1.54) is 12.8 Å². The molecule has 2 rings (SSSR count). The molecule has 0 aliphatic carbocycles. The van der Waals surface area contributed by atoms with Crippen molar-refractivity contribution in [3.8, 4) is 5.75 Å². The molecule has 0 aromatic heterocycles. The SMILES string of the molecule is CCCCCCC(=O)c1ccc(N=Nc2ccc(OC)cc2)cc1. The van der Waals surface area contributed by atoms with Crippen LogP contribution in [0.5, 0.6) is 5.75 Å². The Morgan fingerprint density at radius 1 is 0.875 bits per heavy atom. The van der Waals surface area contributed by atoms with E-state index in [1.54, 1.807) is 7.11 Å². The van der Waals surface area contributed by atoms with Crippen LogP contribution < -0.4 is 4.74 Å². The summed E-state index contributed by atoms with van der Waals surface area (Å²) in [6.07, 6.45) is 5.08. The number of ether oxygens (including phenoxy) is 1. The Morgan fingerprint density at radius 2 is 1.46 bits per heavy atom. The standard InChI is InChI=1S/C20H24N2O2/c1-3-4-5-6-7-20(23)16-8-10-17(11-9-16)21-22-18-12-14-19(24-2)15-13-18/h8-15H,3-7H2,1-2H3. The van der Waals surface area contributed by atoms with Gasteiger partial charge in [-0.25, -0.2) is 0 Å². The number of hydrogen-bond donors (Lipinski definition) is 0. The van der Waals surface area contributed by atoms with Crippen molar-refractivity contribution < 1.29 is 9.53 Å². The van der Waals surface area contributed by atoms with E-state index in [2.05, 4.69) is 17.2 Å². The maximum atomic E-state index is 12.1. The van der Waals surface area contributed by atoms with Crippen LogP contribution in [0.4, 0.5) is 11.4 Å². The summed E-state index contributed by atoms with van der Waals surface area (Å²) in [6, 6.07) is 14.7. The van der Waals surface area contributed by atoms with E-state index in [0.29, 0.717) is 6.42 Å². The van der Waals surface area contributed by atoms with E-state index in [4.69, 9.17) is 4.74 Å². The van der Waals surface area contributed by atoms with Crippen LogP contribution in [0, 0.1) is 0 Å². The number of azo groups is 1. The van der Waals surface area contributed by atoms with E-state index in [9.17, 15) is 4.79 Å². The molecule has 0 fully saturated rings. The van der Waals surface area contributed by atoms with Crippen LogP contribution >= 0.6 is 0 Å². The molecule has 0 saturated heterocycles. The van der Waals surface area contributed by atoms with Crippen molar-refractivity contribution >= 4 is 17.2 Å². The van der Waals surface area contributed by atoms with E-state index in [0.717, 1.165) is 35.5 Å². The Kier molecular flexibility index (Phi) is 7.15. The van der Waals surface area contributed by atoms with Gasteiger partial charge in [-0.15, -0.1) is 0 Å². The molecule has 2 aromatic rings. The van der Waals surface area contributed by atoms with E-state index in [1.807, 2.05) is 48.5 Å². The second kappa shape index (κ2) is 9.60. The summed E-state index contributed by atoms with van der Waals surface area (Å²) < 4.78 is 5.10. The summed E-state index contributed by atoms with van der Waals surface area (Å²) in [4.78, 5) is 12.1. The Bertz CT molecular complexity index is 661. The van der Waals surface area contributed by atoms with Gasteiger partial charge in [-0.2, -0.15) is 10.2 Å². The zero-order chi connectivity index (χ0) is 17.2. The van der Waals surface area contributed by atoms with Crippen molar-refractivity contribution in [1.82, 2.24) is 0 Å². The van der Waals surface area contributed by atoms with Crippen LogP contribution in [-0.4, -0.2) is 12.9 Å². The average molecular weight is 324 g/mol. The highest BCUT2D eigenvalue weighted by Gasteiger charge is 2.05. The minimum absolute atomic E-state index is 0.199. The molecular weight excluding hydrogens is 300 g/mol.